The number of nitrogens with zero attached hydrogens (tertiary/aromatic N) is 1. The molecule has 2 rings (SSSR count). The summed E-state index contributed by atoms with van der Waals surface area (Å²) in [6.07, 6.45) is 0. The van der Waals surface area contributed by atoms with Gasteiger partial charge in [-0.25, -0.2) is 13.1 Å². The predicted molar refractivity (Wildman–Crippen MR) is 89.6 cm³/mol. The lowest BCUT2D eigenvalue weighted by atomic mass is 10.2. The Labute approximate surface area is 140 Å². The number of hydrogen-bond donors (Lipinski definition) is 1. The molecule has 7 heteroatoms. The molecule has 0 aliphatic rings. The van der Waals surface area contributed by atoms with Crippen molar-refractivity contribution in [1.29, 1.82) is 0 Å². The van der Waals surface area contributed by atoms with Crippen LogP contribution in [0, 0.1) is 0 Å². The van der Waals surface area contributed by atoms with Crippen LogP contribution in [-0.2, 0) is 21.4 Å². The molecule has 0 saturated carbocycles. The summed E-state index contributed by atoms with van der Waals surface area (Å²) in [6, 6.07) is 15.2. The second-order valence-electron chi connectivity index (χ2n) is 5.01. The van der Waals surface area contributed by atoms with E-state index in [9.17, 15) is 13.2 Å². The van der Waals surface area contributed by atoms with Crippen LogP contribution in [0.5, 0.6) is 0 Å². The van der Waals surface area contributed by atoms with Gasteiger partial charge in [0, 0.05) is 18.6 Å². The van der Waals surface area contributed by atoms with E-state index in [0.717, 1.165) is 5.56 Å². The quantitative estimate of drug-likeness (QED) is 0.867. The van der Waals surface area contributed by atoms with Crippen molar-refractivity contribution in [2.45, 2.75) is 11.4 Å². The second-order valence-corrected chi connectivity index (χ2v) is 7.22. The number of halogens is 1. The van der Waals surface area contributed by atoms with Crippen molar-refractivity contribution in [3.05, 3.63) is 65.2 Å². The maximum Gasteiger partial charge on any atom is 0.241 e. The van der Waals surface area contributed by atoms with Gasteiger partial charge in [0.25, 0.3) is 0 Å². The van der Waals surface area contributed by atoms with Crippen LogP contribution < -0.4 is 4.72 Å². The van der Waals surface area contributed by atoms with Gasteiger partial charge in [-0.05, 0) is 29.8 Å². The molecule has 0 aromatic heterocycles. The number of amides is 1. The molecule has 0 fully saturated rings. The second kappa shape index (κ2) is 7.59. The largest absolute Gasteiger partial charge is 0.340 e. The fourth-order valence-electron chi connectivity index (χ4n) is 1.93. The van der Waals surface area contributed by atoms with Crippen molar-refractivity contribution in [3.63, 3.8) is 0 Å². The van der Waals surface area contributed by atoms with Crippen molar-refractivity contribution in [1.82, 2.24) is 9.62 Å². The minimum absolute atomic E-state index is 0.0698. The lowest BCUT2D eigenvalue weighted by Gasteiger charge is -2.17. The predicted octanol–water partition coefficient (Wildman–Crippen LogP) is 2.28. The van der Waals surface area contributed by atoms with Crippen LogP contribution in [0.2, 0.25) is 5.02 Å². The lowest BCUT2D eigenvalue weighted by molar-refractivity contribution is -0.129. The maximum atomic E-state index is 12.1. The van der Waals surface area contributed by atoms with E-state index in [1.165, 1.54) is 29.2 Å². The Morgan fingerprint density at radius 1 is 1.09 bits per heavy atom. The molecule has 2 aromatic carbocycles. The van der Waals surface area contributed by atoms with Crippen molar-refractivity contribution < 1.29 is 13.2 Å². The third-order valence-electron chi connectivity index (χ3n) is 3.23. The standard InChI is InChI=1S/C16H17ClN2O3S/c1-19(12-13-5-3-2-4-6-13)16(20)11-18-23(21,22)15-9-7-14(17)8-10-15/h2-10,18H,11-12H2,1H3. The van der Waals surface area contributed by atoms with E-state index in [4.69, 9.17) is 11.6 Å². The van der Waals surface area contributed by atoms with Gasteiger partial charge < -0.3 is 4.90 Å². The molecule has 0 saturated heterocycles. The number of benzene rings is 2. The zero-order valence-electron chi connectivity index (χ0n) is 12.6. The topological polar surface area (TPSA) is 66.5 Å². The van der Waals surface area contributed by atoms with Crippen molar-refractivity contribution >= 4 is 27.5 Å². The lowest BCUT2D eigenvalue weighted by Crippen LogP contribution is -2.37. The van der Waals surface area contributed by atoms with Crippen LogP contribution in [0.25, 0.3) is 0 Å². The van der Waals surface area contributed by atoms with E-state index in [2.05, 4.69) is 4.72 Å². The van der Waals surface area contributed by atoms with Crippen LogP contribution in [-0.4, -0.2) is 32.8 Å². The summed E-state index contributed by atoms with van der Waals surface area (Å²) in [7, 11) is -2.10. The van der Waals surface area contributed by atoms with E-state index in [0.29, 0.717) is 11.6 Å². The molecule has 23 heavy (non-hydrogen) atoms. The monoisotopic (exact) mass is 352 g/mol. The first-order valence-electron chi connectivity index (χ1n) is 6.91. The molecule has 0 bridgehead atoms. The first kappa shape index (κ1) is 17.5. The van der Waals surface area contributed by atoms with E-state index in [1.807, 2.05) is 30.3 Å². The van der Waals surface area contributed by atoms with Crippen molar-refractivity contribution in [3.8, 4) is 0 Å². The summed E-state index contributed by atoms with van der Waals surface area (Å²) >= 11 is 5.73. The molecular formula is C16H17ClN2O3S. The van der Waals surface area contributed by atoms with Gasteiger partial charge in [0.1, 0.15) is 0 Å². The zero-order chi connectivity index (χ0) is 16.9. The van der Waals surface area contributed by atoms with Gasteiger partial charge in [0.05, 0.1) is 11.4 Å². The zero-order valence-corrected chi connectivity index (χ0v) is 14.1. The molecule has 1 N–H and O–H groups in total. The summed E-state index contributed by atoms with van der Waals surface area (Å²) in [4.78, 5) is 13.6. The molecule has 1 amide bonds. The van der Waals surface area contributed by atoms with Crippen molar-refractivity contribution in [2.75, 3.05) is 13.6 Å². The Kier molecular flexibility index (Phi) is 5.76. The highest BCUT2D eigenvalue weighted by atomic mass is 35.5. The van der Waals surface area contributed by atoms with Gasteiger partial charge in [-0.3, -0.25) is 4.79 Å². The summed E-state index contributed by atoms with van der Waals surface area (Å²) in [5.74, 6) is -0.314. The highest BCUT2D eigenvalue weighted by Gasteiger charge is 2.17. The molecule has 122 valence electrons. The molecule has 0 aliphatic heterocycles. The van der Waals surface area contributed by atoms with Gasteiger partial charge in [0.15, 0.2) is 0 Å². The van der Waals surface area contributed by atoms with Crippen LogP contribution in [0.4, 0.5) is 0 Å². The normalized spacial score (nSPS) is 11.2. The molecule has 0 atom stereocenters. The van der Waals surface area contributed by atoms with E-state index in [-0.39, 0.29) is 17.3 Å². The van der Waals surface area contributed by atoms with Gasteiger partial charge in [-0.1, -0.05) is 41.9 Å². The maximum absolute atomic E-state index is 12.1. The molecule has 5 nitrogen and oxygen atoms in total. The van der Waals surface area contributed by atoms with Gasteiger partial charge >= 0.3 is 0 Å². The minimum Gasteiger partial charge on any atom is -0.340 e. The average molecular weight is 353 g/mol. The van der Waals surface area contributed by atoms with E-state index in [1.54, 1.807) is 7.05 Å². The molecular weight excluding hydrogens is 336 g/mol. The highest BCUT2D eigenvalue weighted by molar-refractivity contribution is 7.89. The summed E-state index contributed by atoms with van der Waals surface area (Å²) in [6.45, 7) is 0.122. The highest BCUT2D eigenvalue weighted by Crippen LogP contribution is 2.13. The third kappa shape index (κ3) is 5.06. The number of rotatable bonds is 6. The van der Waals surface area contributed by atoms with Crippen LogP contribution >= 0.6 is 11.6 Å². The van der Waals surface area contributed by atoms with E-state index < -0.39 is 10.0 Å². The Bertz CT molecular complexity index is 762. The van der Waals surface area contributed by atoms with Gasteiger partial charge in [0.2, 0.25) is 15.9 Å². The fraction of sp³-hybridized carbons (Fsp3) is 0.188. The molecule has 2 aromatic rings. The molecule has 0 unspecified atom stereocenters. The number of likely N-dealkylation sites (N-methyl/N-ethyl adjacent to an activating group) is 1. The Morgan fingerprint density at radius 3 is 2.30 bits per heavy atom. The first-order valence-corrected chi connectivity index (χ1v) is 8.78. The fourth-order valence-corrected chi connectivity index (χ4v) is 3.03. The SMILES string of the molecule is CN(Cc1ccccc1)C(=O)CNS(=O)(=O)c1ccc(Cl)cc1. The summed E-state index contributed by atoms with van der Waals surface area (Å²) in [5.41, 5.74) is 0.976. The number of sulfonamides is 1. The van der Waals surface area contributed by atoms with Crippen LogP contribution in [0.1, 0.15) is 5.56 Å². The first-order chi connectivity index (χ1) is 10.9. The summed E-state index contributed by atoms with van der Waals surface area (Å²) in [5, 5.41) is 0.447. The van der Waals surface area contributed by atoms with Gasteiger partial charge in [-0.2, -0.15) is 0 Å². The Balaban J connectivity index is 1.94. The number of nitrogens with one attached hydrogen (secondary N) is 1. The third-order valence-corrected chi connectivity index (χ3v) is 4.89. The van der Waals surface area contributed by atoms with E-state index >= 15 is 0 Å². The van der Waals surface area contributed by atoms with Crippen LogP contribution in [0.3, 0.4) is 0 Å². The Morgan fingerprint density at radius 2 is 1.70 bits per heavy atom. The van der Waals surface area contributed by atoms with Crippen molar-refractivity contribution in [2.24, 2.45) is 0 Å². The molecule has 0 radical (unpaired) electrons. The molecule has 0 heterocycles. The minimum atomic E-state index is -3.73. The van der Waals surface area contributed by atoms with Crippen LogP contribution in [0.15, 0.2) is 59.5 Å². The number of carbonyl (C=O) groups excluding carboxylic acids is 1. The average Bonchev–Trinajstić information content (AvgIpc) is 2.54. The number of hydrogen-bond acceptors (Lipinski definition) is 3. The number of carbonyl (C=O) groups is 1. The molecule has 0 spiro atoms. The smallest absolute Gasteiger partial charge is 0.241 e. The van der Waals surface area contributed by atoms with Gasteiger partial charge in [-0.15, -0.1) is 0 Å². The summed E-state index contributed by atoms with van der Waals surface area (Å²) < 4.78 is 26.5. The molecule has 0 aliphatic carbocycles. The Hall–Kier alpha value is -1.89.